The van der Waals surface area contributed by atoms with Gasteiger partial charge in [-0.25, -0.2) is 0 Å². The first-order chi connectivity index (χ1) is 55.1. The Hall–Kier alpha value is -12.0. The molecule has 8 rings (SSSR count). The number of H-pyrrole nitrogens is 4. The third-order valence-electron chi connectivity index (χ3n) is 19.7. The highest BCUT2D eigenvalue weighted by atomic mass is 32.1. The van der Waals surface area contributed by atoms with Gasteiger partial charge in [0.25, 0.3) is 5.97 Å². The fourth-order valence-electron chi connectivity index (χ4n) is 13.3. The minimum absolute atomic E-state index is 0.00913. The summed E-state index contributed by atoms with van der Waals surface area (Å²) in [7, 11) is 0. The lowest BCUT2D eigenvalue weighted by molar-refractivity contribution is -0.136. The molecule has 4 aromatic carbocycles. The molecule has 0 aliphatic rings. The van der Waals surface area contributed by atoms with Crippen molar-refractivity contribution in [3.05, 3.63) is 144 Å². The van der Waals surface area contributed by atoms with Gasteiger partial charge in [0.1, 0.15) is 54.4 Å². The third-order valence-corrected chi connectivity index (χ3v) is 20.1. The van der Waals surface area contributed by atoms with E-state index in [9.17, 15) is 24.0 Å². The summed E-state index contributed by atoms with van der Waals surface area (Å²) in [6.07, 6.45) is 8.64. The Labute approximate surface area is 671 Å². The van der Waals surface area contributed by atoms with Crippen LogP contribution in [0, 0.1) is 16.7 Å². The lowest BCUT2D eigenvalue weighted by atomic mass is 9.96. The Morgan fingerprint density at radius 1 is 0.409 bits per heavy atom. The molecule has 30 N–H and O–H groups in total. The van der Waals surface area contributed by atoms with Crippen molar-refractivity contribution in [2.45, 2.75) is 178 Å². The number of benzene rings is 4. The first kappa shape index (κ1) is 90.2. The molecular formula is C79H111N23O12S. The van der Waals surface area contributed by atoms with Gasteiger partial charge in [-0.1, -0.05) is 93.1 Å². The standard InChI is InChI=1S/C77H107N23O10S.C2H4O2/c1-3-43(2)65(75(110)95-60(29-17-33-87-77(84)85)69(104)96-61(66(81)101)34-44-38-88-53-22-8-4-18-48(44)53)100-74(109)64(37-47-41-91-56-25-11-7-21-51(47)56)98-70(105)58(27-13-15-31-79)94-72(107)62(35-45-39-89-54-23-9-5-19-49(45)54)99-73(108)63(36-46-40-90-55-24-10-6-20-50(46)55)97-71(106)59(28-16-32-86-76(82)83)93-68(103)57(26-12-14-30-78)92-67(102)52(80)42-111;1-2(3)4/h4-11,18-25,38-41,43,52,57-65,88-91,111H,3,12-17,26-37,42,78-80H2,1-2H3,(H2,81,101)(H,92,102)(H,93,103)(H,94,107)(H,95,110)(H,96,104)(H,97,106)(H,98,105)(H,99,108)(H,100,109)(H4,82,83,86)(H4,84,85,87);1H3,(H,3,4). The average molecular weight is 1610 g/mol. The predicted octanol–water partition coefficient (Wildman–Crippen LogP) is 0.910. The lowest BCUT2D eigenvalue weighted by Crippen LogP contribution is -2.61. The molecule has 36 heteroatoms. The fourth-order valence-corrected chi connectivity index (χ4v) is 13.4. The van der Waals surface area contributed by atoms with E-state index in [-0.39, 0.29) is 108 Å². The van der Waals surface area contributed by atoms with E-state index in [4.69, 9.17) is 55.1 Å². The number of carboxylic acid groups (broad SMARTS) is 1. The first-order valence-corrected chi connectivity index (χ1v) is 39.1. The van der Waals surface area contributed by atoms with E-state index in [2.05, 4.69) is 91.0 Å². The van der Waals surface area contributed by atoms with Crippen molar-refractivity contribution in [3.8, 4) is 0 Å². The first-order valence-electron chi connectivity index (χ1n) is 38.5. The number of aliphatic carboxylic acids is 1. The van der Waals surface area contributed by atoms with Crippen LogP contribution in [0.4, 0.5) is 0 Å². The lowest BCUT2D eigenvalue weighted by Gasteiger charge is -2.30. The average Bonchev–Trinajstić information content (AvgIpc) is 1.73. The highest BCUT2D eigenvalue weighted by Gasteiger charge is 2.38. The zero-order valence-corrected chi connectivity index (χ0v) is 65.8. The van der Waals surface area contributed by atoms with Crippen LogP contribution in [0.1, 0.15) is 114 Å². The Kier molecular flexibility index (Phi) is 35.8. The molecule has 11 unspecified atom stereocenters. The van der Waals surface area contributed by atoms with E-state index in [1.165, 1.54) is 0 Å². The number of carbonyl (C=O) groups excluding carboxylic acids is 10. The molecule has 0 saturated heterocycles. The molecule has 115 heavy (non-hydrogen) atoms. The molecule has 35 nitrogen and oxygen atoms in total. The van der Waals surface area contributed by atoms with Crippen molar-refractivity contribution in [1.29, 1.82) is 10.8 Å². The Morgan fingerprint density at radius 2 is 0.678 bits per heavy atom. The number of rotatable bonds is 46. The number of hydrogen-bond acceptors (Lipinski definition) is 17. The SMILES string of the molecule is CC(=O)O.CCC(C)C(NC(=O)C(Cc1c[nH]c2ccccc12)NC(=O)C(CCCCN)NC(=O)C(Cc1c[nH]c2ccccc12)NC(=O)C(Cc1c[nH]c2ccccc12)NC(=O)C(CCCNC(=N)N)NC(=O)C(CCCCN)NC(=O)C(N)CS)C(=O)NC(CCCNC(=N)N)C(=O)NC(Cc1c[nH]c2ccccc12)C(N)=O. The van der Waals surface area contributed by atoms with Gasteiger partial charge in [0.15, 0.2) is 11.9 Å². The van der Waals surface area contributed by atoms with Crippen molar-refractivity contribution < 1.29 is 57.8 Å². The summed E-state index contributed by atoms with van der Waals surface area (Å²) >= 11 is 4.15. The van der Waals surface area contributed by atoms with Gasteiger partial charge in [0.2, 0.25) is 59.1 Å². The van der Waals surface area contributed by atoms with Crippen molar-refractivity contribution in [3.63, 3.8) is 0 Å². The molecule has 11 atom stereocenters. The van der Waals surface area contributed by atoms with Gasteiger partial charge in [-0.05, 0) is 130 Å². The number of carbonyl (C=O) groups is 11. The number of fused-ring (bicyclic) bond motifs is 4. The van der Waals surface area contributed by atoms with Crippen LogP contribution in [0.3, 0.4) is 0 Å². The molecule has 0 fully saturated rings. The van der Waals surface area contributed by atoms with Crippen molar-refractivity contribution in [2.75, 3.05) is 31.9 Å². The number of carboxylic acids is 1. The Morgan fingerprint density at radius 3 is 0.983 bits per heavy atom. The second kappa shape index (κ2) is 45.6. The summed E-state index contributed by atoms with van der Waals surface area (Å²) in [6.45, 7) is 5.37. The van der Waals surface area contributed by atoms with E-state index < -0.39 is 131 Å². The van der Waals surface area contributed by atoms with Crippen LogP contribution in [0.2, 0.25) is 0 Å². The fraction of sp³-hybridized carbons (Fsp3) is 0.430. The Bertz CT molecular complexity index is 4630. The molecule has 0 aliphatic heterocycles. The minimum Gasteiger partial charge on any atom is -0.481 e. The monoisotopic (exact) mass is 1610 g/mol. The molecular weight excluding hydrogens is 1500 g/mol. The maximum absolute atomic E-state index is 15.6. The summed E-state index contributed by atoms with van der Waals surface area (Å²) in [5, 5.41) is 56.7. The van der Waals surface area contributed by atoms with Gasteiger partial charge in [-0.3, -0.25) is 63.6 Å². The molecule has 0 aliphatic carbocycles. The molecule has 4 heterocycles. The normalized spacial score (nSPS) is 14.1. The van der Waals surface area contributed by atoms with Gasteiger partial charge < -0.3 is 118 Å². The number of amides is 10. The smallest absolute Gasteiger partial charge is 0.300 e. The number of para-hydroxylation sites is 4. The van der Waals surface area contributed by atoms with Crippen LogP contribution < -0.4 is 92.9 Å². The summed E-state index contributed by atoms with van der Waals surface area (Å²) in [5.41, 5.74) is 40.4. The molecule has 0 saturated carbocycles. The number of aromatic amines is 4. The maximum atomic E-state index is 15.6. The largest absolute Gasteiger partial charge is 0.481 e. The van der Waals surface area contributed by atoms with Crippen LogP contribution in [0.25, 0.3) is 43.6 Å². The maximum Gasteiger partial charge on any atom is 0.300 e. The van der Waals surface area contributed by atoms with Crippen molar-refractivity contribution in [2.24, 2.45) is 40.3 Å². The van der Waals surface area contributed by atoms with Gasteiger partial charge in [0, 0.05) is 120 Å². The highest BCUT2D eigenvalue weighted by Crippen LogP contribution is 2.25. The third kappa shape index (κ3) is 27.7. The van der Waals surface area contributed by atoms with E-state index in [1.807, 2.05) is 91.0 Å². The number of unbranched alkanes of at least 4 members (excludes halogenated alkanes) is 2. The molecule has 0 spiro atoms. The summed E-state index contributed by atoms with van der Waals surface area (Å²) in [4.78, 5) is 169. The van der Waals surface area contributed by atoms with E-state index in [0.29, 0.717) is 76.3 Å². The summed E-state index contributed by atoms with van der Waals surface area (Å²) < 4.78 is 0. The molecule has 8 aromatic rings. The molecule has 620 valence electrons. The molecule has 0 bridgehead atoms. The van der Waals surface area contributed by atoms with Crippen LogP contribution in [0.15, 0.2) is 122 Å². The molecule has 4 aromatic heterocycles. The quantitative estimate of drug-likeness (QED) is 0.0109. The highest BCUT2D eigenvalue weighted by molar-refractivity contribution is 7.80. The number of nitrogens with two attached hydrogens (primary N) is 6. The van der Waals surface area contributed by atoms with E-state index in [1.54, 1.807) is 44.7 Å². The number of primary amides is 1. The van der Waals surface area contributed by atoms with Crippen LogP contribution in [0.5, 0.6) is 0 Å². The molecule has 0 radical (unpaired) electrons. The predicted molar refractivity (Wildman–Crippen MR) is 443 cm³/mol. The van der Waals surface area contributed by atoms with Gasteiger partial charge in [-0.15, -0.1) is 0 Å². The number of thiol groups is 1. The number of nitrogens with one attached hydrogen (secondary N) is 17. The van der Waals surface area contributed by atoms with Crippen LogP contribution >= 0.6 is 12.6 Å². The van der Waals surface area contributed by atoms with Crippen LogP contribution in [-0.2, 0) is 78.4 Å². The Balaban J connectivity index is 0.00000447. The van der Waals surface area contributed by atoms with Gasteiger partial charge in [0.05, 0.1) is 6.04 Å². The minimum atomic E-state index is -1.50. The van der Waals surface area contributed by atoms with Crippen molar-refractivity contribution in [1.82, 2.24) is 78.4 Å². The zero-order chi connectivity index (χ0) is 83.7. The second-order valence-electron chi connectivity index (χ2n) is 28.4. The number of hydrogen-bond donors (Lipinski definition) is 25. The summed E-state index contributed by atoms with van der Waals surface area (Å²) in [6, 6.07) is 15.9. The van der Waals surface area contributed by atoms with Gasteiger partial charge >= 0.3 is 0 Å². The van der Waals surface area contributed by atoms with Crippen molar-refractivity contribution >= 4 is 133 Å². The van der Waals surface area contributed by atoms with E-state index in [0.717, 1.165) is 28.7 Å². The topological polar surface area (TPSA) is 607 Å². The number of guanidine groups is 2. The summed E-state index contributed by atoms with van der Waals surface area (Å²) in [5.74, 6) is -10.0. The second-order valence-corrected chi connectivity index (χ2v) is 28.7. The zero-order valence-electron chi connectivity index (χ0n) is 64.9. The van der Waals surface area contributed by atoms with Crippen LogP contribution in [-0.4, -0.2) is 194 Å². The van der Waals surface area contributed by atoms with E-state index >= 15 is 24.0 Å². The number of aromatic nitrogens is 4. The van der Waals surface area contributed by atoms with Gasteiger partial charge in [-0.2, -0.15) is 12.6 Å². The molecule has 10 amide bonds.